The number of aromatic nitrogens is 1. The molecule has 0 aromatic carbocycles. The zero-order chi connectivity index (χ0) is 11.8. The summed E-state index contributed by atoms with van der Waals surface area (Å²) >= 11 is 0. The molecule has 0 spiro atoms. The fourth-order valence-corrected chi connectivity index (χ4v) is 0.928. The van der Waals surface area contributed by atoms with Gasteiger partial charge in [0.15, 0.2) is 5.76 Å². The second-order valence-electron chi connectivity index (χ2n) is 2.82. The van der Waals surface area contributed by atoms with E-state index in [0.29, 0.717) is 12.4 Å². The molecule has 16 heavy (non-hydrogen) atoms. The molecule has 0 aliphatic carbocycles. The summed E-state index contributed by atoms with van der Waals surface area (Å²) in [5, 5.41) is 8.31. The van der Waals surface area contributed by atoms with Crippen molar-refractivity contribution in [3.63, 3.8) is 0 Å². The summed E-state index contributed by atoms with van der Waals surface area (Å²) in [6.07, 6.45) is 1.48. The molecule has 0 saturated carbocycles. The first kappa shape index (κ1) is 12.0. The van der Waals surface area contributed by atoms with Crippen LogP contribution in [0, 0.1) is 0 Å². The summed E-state index contributed by atoms with van der Waals surface area (Å²) in [5.74, 6) is 0.0589. The third-order valence-electron chi connectivity index (χ3n) is 1.61. The number of urea groups is 1. The largest absolute Gasteiger partial charge is 0.465 e. The standard InChI is InChI=1S/C9H13N3O4/c1-2-15-8(13)6-11-9(14)10-5-7-3-4-12-16-7/h3-4H,2,5-6H2,1H3,(H2,10,11,14). The first-order valence-electron chi connectivity index (χ1n) is 4.79. The Kier molecular flexibility index (Phi) is 4.84. The Morgan fingerprint density at radius 3 is 2.94 bits per heavy atom. The SMILES string of the molecule is CCOC(=O)CNC(=O)NCc1ccno1. The summed E-state index contributed by atoms with van der Waals surface area (Å²) < 4.78 is 9.40. The van der Waals surface area contributed by atoms with Gasteiger partial charge in [0.05, 0.1) is 19.3 Å². The molecule has 7 heteroatoms. The second kappa shape index (κ2) is 6.44. The number of amides is 2. The lowest BCUT2D eigenvalue weighted by Gasteiger charge is -2.05. The van der Waals surface area contributed by atoms with Gasteiger partial charge in [-0.05, 0) is 6.92 Å². The van der Waals surface area contributed by atoms with Crippen LogP contribution < -0.4 is 10.6 Å². The first-order valence-corrected chi connectivity index (χ1v) is 4.79. The van der Waals surface area contributed by atoms with Crippen molar-refractivity contribution in [1.29, 1.82) is 0 Å². The molecule has 0 fully saturated rings. The molecule has 7 nitrogen and oxygen atoms in total. The van der Waals surface area contributed by atoms with Crippen LogP contribution in [0.25, 0.3) is 0 Å². The minimum atomic E-state index is -0.475. The number of ether oxygens (including phenoxy) is 1. The van der Waals surface area contributed by atoms with E-state index in [1.807, 2.05) is 0 Å². The van der Waals surface area contributed by atoms with Gasteiger partial charge in [-0.15, -0.1) is 0 Å². The maximum atomic E-state index is 11.2. The zero-order valence-corrected chi connectivity index (χ0v) is 8.86. The molecule has 88 valence electrons. The van der Waals surface area contributed by atoms with Crippen molar-refractivity contribution < 1.29 is 18.8 Å². The molecule has 0 aliphatic heterocycles. The van der Waals surface area contributed by atoms with Gasteiger partial charge in [0, 0.05) is 6.07 Å². The molecular weight excluding hydrogens is 214 g/mol. The predicted molar refractivity (Wildman–Crippen MR) is 53.4 cm³/mol. The van der Waals surface area contributed by atoms with E-state index in [1.54, 1.807) is 13.0 Å². The molecule has 1 aromatic heterocycles. The molecule has 0 unspecified atom stereocenters. The van der Waals surface area contributed by atoms with E-state index in [-0.39, 0.29) is 13.1 Å². The van der Waals surface area contributed by atoms with Crippen molar-refractivity contribution in [3.05, 3.63) is 18.0 Å². The predicted octanol–water partition coefficient (Wildman–Crippen LogP) is 0.0369. The summed E-state index contributed by atoms with van der Waals surface area (Å²) in [6.45, 7) is 2.05. The molecule has 1 heterocycles. The molecule has 0 bridgehead atoms. The average Bonchev–Trinajstić information content (AvgIpc) is 2.77. The molecule has 0 radical (unpaired) electrons. The van der Waals surface area contributed by atoms with Gasteiger partial charge in [-0.1, -0.05) is 5.16 Å². The van der Waals surface area contributed by atoms with E-state index >= 15 is 0 Å². The normalized spacial score (nSPS) is 9.56. The Morgan fingerprint density at radius 1 is 1.50 bits per heavy atom. The second-order valence-corrected chi connectivity index (χ2v) is 2.82. The smallest absolute Gasteiger partial charge is 0.325 e. The summed E-state index contributed by atoms with van der Waals surface area (Å²) in [5.41, 5.74) is 0. The highest BCUT2D eigenvalue weighted by Gasteiger charge is 2.05. The Labute approximate surface area is 92.1 Å². The lowest BCUT2D eigenvalue weighted by atomic mass is 10.4. The number of hydrogen-bond acceptors (Lipinski definition) is 5. The van der Waals surface area contributed by atoms with E-state index in [4.69, 9.17) is 4.52 Å². The monoisotopic (exact) mass is 227 g/mol. The highest BCUT2D eigenvalue weighted by atomic mass is 16.5. The number of rotatable bonds is 5. The fourth-order valence-electron chi connectivity index (χ4n) is 0.928. The van der Waals surface area contributed by atoms with Crippen LogP contribution >= 0.6 is 0 Å². The molecule has 1 aromatic rings. The van der Waals surface area contributed by atoms with Gasteiger partial charge < -0.3 is 19.9 Å². The third kappa shape index (κ3) is 4.45. The number of carbonyl (C=O) groups is 2. The van der Waals surface area contributed by atoms with Gasteiger partial charge in [-0.3, -0.25) is 4.79 Å². The zero-order valence-electron chi connectivity index (χ0n) is 8.86. The Hall–Kier alpha value is -2.05. The van der Waals surface area contributed by atoms with Gasteiger partial charge in [0.1, 0.15) is 6.54 Å². The third-order valence-corrected chi connectivity index (χ3v) is 1.61. The van der Waals surface area contributed by atoms with E-state index in [2.05, 4.69) is 20.5 Å². The van der Waals surface area contributed by atoms with Gasteiger partial charge >= 0.3 is 12.0 Å². The van der Waals surface area contributed by atoms with Gasteiger partial charge in [-0.2, -0.15) is 0 Å². The van der Waals surface area contributed by atoms with Gasteiger partial charge in [0.25, 0.3) is 0 Å². The molecule has 0 atom stereocenters. The first-order chi connectivity index (χ1) is 7.72. The minimum absolute atomic E-state index is 0.157. The number of nitrogens with one attached hydrogen (secondary N) is 2. The number of hydrogen-bond donors (Lipinski definition) is 2. The van der Waals surface area contributed by atoms with Crippen molar-refractivity contribution >= 4 is 12.0 Å². The molecular formula is C9H13N3O4. The van der Waals surface area contributed by atoms with E-state index < -0.39 is 12.0 Å². The van der Waals surface area contributed by atoms with Crippen LogP contribution in [0.1, 0.15) is 12.7 Å². The van der Waals surface area contributed by atoms with Crippen molar-refractivity contribution in [2.45, 2.75) is 13.5 Å². The van der Waals surface area contributed by atoms with E-state index in [1.165, 1.54) is 6.20 Å². The minimum Gasteiger partial charge on any atom is -0.465 e. The molecule has 2 N–H and O–H groups in total. The van der Waals surface area contributed by atoms with Crippen LogP contribution in [-0.4, -0.2) is 30.3 Å². The van der Waals surface area contributed by atoms with Gasteiger partial charge in [0.2, 0.25) is 0 Å². The summed E-state index contributed by atoms with van der Waals surface area (Å²) in [6, 6.07) is 1.16. The maximum Gasteiger partial charge on any atom is 0.325 e. The van der Waals surface area contributed by atoms with Crippen LogP contribution in [0.2, 0.25) is 0 Å². The van der Waals surface area contributed by atoms with Crippen LogP contribution in [0.4, 0.5) is 4.79 Å². The van der Waals surface area contributed by atoms with Gasteiger partial charge in [-0.25, -0.2) is 4.79 Å². The Morgan fingerprint density at radius 2 is 2.31 bits per heavy atom. The Balaban J connectivity index is 2.14. The number of carbonyl (C=O) groups excluding carboxylic acids is 2. The number of nitrogens with zero attached hydrogens (tertiary/aromatic N) is 1. The lowest BCUT2D eigenvalue weighted by molar-refractivity contribution is -0.141. The lowest BCUT2D eigenvalue weighted by Crippen LogP contribution is -2.38. The van der Waals surface area contributed by atoms with Crippen molar-refractivity contribution in [2.75, 3.05) is 13.2 Å². The molecule has 2 amide bonds. The maximum absolute atomic E-state index is 11.2. The van der Waals surface area contributed by atoms with Crippen molar-refractivity contribution in [2.24, 2.45) is 0 Å². The van der Waals surface area contributed by atoms with Crippen LogP contribution in [0.3, 0.4) is 0 Å². The summed E-state index contributed by atoms with van der Waals surface area (Å²) in [4.78, 5) is 22.0. The topological polar surface area (TPSA) is 93.5 Å². The van der Waals surface area contributed by atoms with E-state index in [0.717, 1.165) is 0 Å². The van der Waals surface area contributed by atoms with Crippen LogP contribution in [0.5, 0.6) is 0 Å². The molecule has 1 rings (SSSR count). The highest BCUT2D eigenvalue weighted by Crippen LogP contribution is 1.94. The highest BCUT2D eigenvalue weighted by molar-refractivity contribution is 5.80. The quantitative estimate of drug-likeness (QED) is 0.692. The summed E-state index contributed by atoms with van der Waals surface area (Å²) in [7, 11) is 0. The van der Waals surface area contributed by atoms with Crippen LogP contribution in [0.15, 0.2) is 16.8 Å². The van der Waals surface area contributed by atoms with Crippen molar-refractivity contribution in [3.8, 4) is 0 Å². The number of esters is 1. The molecule has 0 saturated heterocycles. The van der Waals surface area contributed by atoms with Crippen molar-refractivity contribution in [1.82, 2.24) is 15.8 Å². The Bertz CT molecular complexity index is 337. The van der Waals surface area contributed by atoms with E-state index in [9.17, 15) is 9.59 Å². The van der Waals surface area contributed by atoms with Crippen LogP contribution in [-0.2, 0) is 16.1 Å². The average molecular weight is 227 g/mol. The fraction of sp³-hybridized carbons (Fsp3) is 0.444. The molecule has 0 aliphatic rings.